The van der Waals surface area contributed by atoms with Gasteiger partial charge in [0.15, 0.2) is 0 Å². The minimum Gasteiger partial charge on any atom is -0.497 e. The maximum absolute atomic E-state index is 12.3. The fourth-order valence-electron chi connectivity index (χ4n) is 2.52. The molecule has 5 heteroatoms. The highest BCUT2D eigenvalue weighted by molar-refractivity contribution is 6.13. The summed E-state index contributed by atoms with van der Waals surface area (Å²) in [5.74, 6) is -1.25. The van der Waals surface area contributed by atoms with E-state index >= 15 is 0 Å². The molecule has 2 aromatic carbocycles. The third-order valence-electron chi connectivity index (χ3n) is 3.90. The second-order valence-corrected chi connectivity index (χ2v) is 5.49. The number of methoxy groups -OCH3 is 2. The van der Waals surface area contributed by atoms with E-state index in [4.69, 9.17) is 9.47 Å². The molecule has 0 heterocycles. The van der Waals surface area contributed by atoms with Gasteiger partial charge in [0.25, 0.3) is 0 Å². The van der Waals surface area contributed by atoms with Gasteiger partial charge in [-0.2, -0.15) is 0 Å². The first-order valence-electron chi connectivity index (χ1n) is 7.92. The van der Waals surface area contributed by atoms with Crippen LogP contribution in [0.2, 0.25) is 0 Å². The first kappa shape index (κ1) is 19.0. The molecule has 0 atom stereocenters. The molecule has 1 N–H and O–H groups in total. The van der Waals surface area contributed by atoms with Gasteiger partial charge in [-0.25, -0.2) is 9.59 Å². The Hall–Kier alpha value is -3.34. The quantitative estimate of drug-likeness (QED) is 0.486. The lowest BCUT2D eigenvalue weighted by molar-refractivity contribution is -0.138. The van der Waals surface area contributed by atoms with E-state index in [2.05, 4.69) is 0 Å². The van der Waals surface area contributed by atoms with Crippen molar-refractivity contribution in [2.75, 3.05) is 14.2 Å². The summed E-state index contributed by atoms with van der Waals surface area (Å²) in [7, 11) is 2.78. The van der Waals surface area contributed by atoms with E-state index in [9.17, 15) is 14.7 Å². The molecule has 0 unspecified atom stereocenters. The molecule has 0 spiro atoms. The van der Waals surface area contributed by atoms with Crippen molar-refractivity contribution in [3.05, 3.63) is 76.9 Å². The fourth-order valence-corrected chi connectivity index (χ4v) is 2.52. The van der Waals surface area contributed by atoms with Crippen LogP contribution < -0.4 is 4.74 Å². The number of hydrogen-bond acceptors (Lipinski definition) is 4. The lowest BCUT2D eigenvalue weighted by atomic mass is 9.94. The molecule has 0 aliphatic rings. The molecule has 0 bridgehead atoms. The summed E-state index contributed by atoms with van der Waals surface area (Å²) in [6.45, 7) is 1.67. The molecule has 0 aliphatic carbocycles. The Bertz CT molecular complexity index is 846. The zero-order chi connectivity index (χ0) is 19.1. The molecule has 0 amide bonds. The second kappa shape index (κ2) is 8.67. The number of hydrogen-bond donors (Lipinski definition) is 1. The number of carbonyl (C=O) groups excluding carboxylic acids is 1. The highest BCUT2D eigenvalue weighted by Gasteiger charge is 2.24. The highest BCUT2D eigenvalue weighted by atomic mass is 16.5. The molecule has 0 aliphatic heterocycles. The first-order valence-corrected chi connectivity index (χ1v) is 7.92. The number of ether oxygens (including phenoxy) is 2. The number of aliphatic carboxylic acids is 1. The van der Waals surface area contributed by atoms with Crippen LogP contribution in [-0.2, 0) is 14.3 Å². The second-order valence-electron chi connectivity index (χ2n) is 5.49. The van der Waals surface area contributed by atoms with Crippen molar-refractivity contribution >= 4 is 23.6 Å². The predicted octanol–water partition coefficient (Wildman–Crippen LogP) is 3.81. The van der Waals surface area contributed by atoms with Gasteiger partial charge < -0.3 is 14.6 Å². The highest BCUT2D eigenvalue weighted by Crippen LogP contribution is 2.27. The fraction of sp³-hybridized carbons (Fsp3) is 0.143. The van der Waals surface area contributed by atoms with Crippen LogP contribution in [0.15, 0.2) is 65.7 Å². The van der Waals surface area contributed by atoms with E-state index in [1.165, 1.54) is 13.2 Å². The normalized spacial score (nSPS) is 12.2. The number of allylic oxidation sites excluding steroid dienone is 1. The average molecular weight is 352 g/mol. The summed E-state index contributed by atoms with van der Waals surface area (Å²) in [6.07, 6.45) is 1.50. The van der Waals surface area contributed by atoms with E-state index in [-0.39, 0.29) is 11.1 Å². The van der Waals surface area contributed by atoms with Gasteiger partial charge in [0.1, 0.15) is 5.75 Å². The Balaban J connectivity index is 2.63. The molecule has 0 saturated heterocycles. The van der Waals surface area contributed by atoms with Crippen LogP contribution in [0, 0.1) is 0 Å². The summed E-state index contributed by atoms with van der Waals surface area (Å²) in [6, 6.07) is 16.0. The van der Waals surface area contributed by atoms with Gasteiger partial charge in [0.2, 0.25) is 0 Å². The van der Waals surface area contributed by atoms with Crippen molar-refractivity contribution in [1.82, 2.24) is 0 Å². The van der Waals surface area contributed by atoms with E-state index in [0.717, 1.165) is 5.56 Å². The number of carbonyl (C=O) groups is 2. The number of esters is 1. The standard InChI is InChI=1S/C21H20O5/c1-14(16-7-5-4-6-8-16)19(20(22)23)18(21(24)26-3)13-15-9-11-17(25-2)12-10-15/h4-13H,1-3H3,(H,22,23)/b18-13-,19-14-. The van der Waals surface area contributed by atoms with Crippen LogP contribution in [-0.4, -0.2) is 31.3 Å². The number of carboxylic acids is 1. The van der Waals surface area contributed by atoms with Crippen LogP contribution >= 0.6 is 0 Å². The Labute approximate surface area is 152 Å². The van der Waals surface area contributed by atoms with Crippen LogP contribution in [0.25, 0.3) is 11.6 Å². The predicted molar refractivity (Wildman–Crippen MR) is 99.7 cm³/mol. The lowest BCUT2D eigenvalue weighted by Crippen LogP contribution is -2.15. The maximum Gasteiger partial charge on any atom is 0.338 e. The van der Waals surface area contributed by atoms with Gasteiger partial charge in [-0.15, -0.1) is 0 Å². The maximum atomic E-state index is 12.3. The van der Waals surface area contributed by atoms with E-state index in [1.807, 2.05) is 18.2 Å². The van der Waals surface area contributed by atoms with Gasteiger partial charge in [0, 0.05) is 0 Å². The Kier molecular flexibility index (Phi) is 6.33. The van der Waals surface area contributed by atoms with Crippen molar-refractivity contribution < 1.29 is 24.2 Å². The molecule has 2 rings (SSSR count). The average Bonchev–Trinajstić information content (AvgIpc) is 2.67. The molecule has 0 aromatic heterocycles. The number of benzene rings is 2. The molecule has 0 saturated carbocycles. The molecule has 5 nitrogen and oxygen atoms in total. The molecule has 0 fully saturated rings. The van der Waals surface area contributed by atoms with Gasteiger partial charge in [0.05, 0.1) is 25.4 Å². The monoisotopic (exact) mass is 352 g/mol. The summed E-state index contributed by atoms with van der Waals surface area (Å²) in [4.78, 5) is 24.2. The van der Waals surface area contributed by atoms with Gasteiger partial charge in [-0.05, 0) is 41.8 Å². The van der Waals surface area contributed by atoms with Crippen molar-refractivity contribution in [3.63, 3.8) is 0 Å². The summed E-state index contributed by atoms with van der Waals surface area (Å²) in [5, 5.41) is 9.75. The smallest absolute Gasteiger partial charge is 0.338 e. The van der Waals surface area contributed by atoms with Crippen LogP contribution in [0.5, 0.6) is 5.75 Å². The topological polar surface area (TPSA) is 72.8 Å². The van der Waals surface area contributed by atoms with Crippen LogP contribution in [0.1, 0.15) is 18.1 Å². The minimum atomic E-state index is -1.20. The molecule has 0 radical (unpaired) electrons. The summed E-state index contributed by atoms with van der Waals surface area (Å²) in [5.41, 5.74) is 1.73. The zero-order valence-electron chi connectivity index (χ0n) is 14.9. The zero-order valence-corrected chi connectivity index (χ0v) is 14.9. The van der Waals surface area contributed by atoms with Gasteiger partial charge in [-0.3, -0.25) is 0 Å². The third-order valence-corrected chi connectivity index (χ3v) is 3.90. The first-order chi connectivity index (χ1) is 12.5. The number of carboxylic acid groups (broad SMARTS) is 1. The van der Waals surface area contributed by atoms with Crippen LogP contribution in [0.3, 0.4) is 0 Å². The van der Waals surface area contributed by atoms with Gasteiger partial charge >= 0.3 is 11.9 Å². The molecule has 134 valence electrons. The summed E-state index contributed by atoms with van der Waals surface area (Å²) >= 11 is 0. The van der Waals surface area contributed by atoms with E-state index < -0.39 is 11.9 Å². The Morgan fingerprint density at radius 2 is 1.58 bits per heavy atom. The molecule has 26 heavy (non-hydrogen) atoms. The van der Waals surface area contributed by atoms with Crippen molar-refractivity contribution in [2.45, 2.75) is 6.92 Å². The molecular weight excluding hydrogens is 332 g/mol. The molecular formula is C21H20O5. The lowest BCUT2D eigenvalue weighted by Gasteiger charge is -2.12. The summed E-state index contributed by atoms with van der Waals surface area (Å²) < 4.78 is 9.93. The van der Waals surface area contributed by atoms with Crippen molar-refractivity contribution in [1.29, 1.82) is 0 Å². The SMILES string of the molecule is COC(=O)C(=C\c1ccc(OC)cc1)/C(C(=O)O)=C(\C)c1ccccc1. The minimum absolute atomic E-state index is 0.0217. The van der Waals surface area contributed by atoms with Crippen LogP contribution in [0.4, 0.5) is 0 Å². The Morgan fingerprint density at radius 3 is 2.08 bits per heavy atom. The van der Waals surface area contributed by atoms with Crippen molar-refractivity contribution in [2.24, 2.45) is 0 Å². The molecule has 2 aromatic rings. The van der Waals surface area contributed by atoms with E-state index in [0.29, 0.717) is 16.9 Å². The van der Waals surface area contributed by atoms with Gasteiger partial charge in [-0.1, -0.05) is 42.5 Å². The largest absolute Gasteiger partial charge is 0.497 e. The number of rotatable bonds is 6. The Morgan fingerprint density at radius 1 is 0.962 bits per heavy atom. The third kappa shape index (κ3) is 4.39. The van der Waals surface area contributed by atoms with E-state index in [1.54, 1.807) is 50.4 Å². The van der Waals surface area contributed by atoms with Crippen molar-refractivity contribution in [3.8, 4) is 5.75 Å².